The molecule has 1 heterocycles. The monoisotopic (exact) mass is 227 g/mol. The van der Waals surface area contributed by atoms with Gasteiger partial charge >= 0.3 is 5.97 Å². The number of aromatic nitrogens is 1. The van der Waals surface area contributed by atoms with E-state index >= 15 is 0 Å². The van der Waals surface area contributed by atoms with Gasteiger partial charge in [-0.1, -0.05) is 18.2 Å². The van der Waals surface area contributed by atoms with Crippen molar-refractivity contribution in [2.24, 2.45) is 0 Å². The van der Waals surface area contributed by atoms with Gasteiger partial charge in [-0.2, -0.15) is 0 Å². The molecule has 1 aromatic heterocycles. The van der Waals surface area contributed by atoms with Crippen LogP contribution >= 0.6 is 0 Å². The van der Waals surface area contributed by atoms with E-state index in [0.717, 1.165) is 16.7 Å². The molecule has 0 fully saturated rings. The lowest BCUT2D eigenvalue weighted by molar-refractivity contribution is 0.0697. The van der Waals surface area contributed by atoms with Crippen LogP contribution in [0.25, 0.3) is 11.3 Å². The van der Waals surface area contributed by atoms with E-state index in [9.17, 15) is 4.79 Å². The summed E-state index contributed by atoms with van der Waals surface area (Å²) in [6.45, 7) is 3.98. The molecule has 0 radical (unpaired) electrons. The summed E-state index contributed by atoms with van der Waals surface area (Å²) in [6, 6.07) is 9.03. The molecule has 2 aromatic rings. The zero-order valence-electron chi connectivity index (χ0n) is 9.77. The van der Waals surface area contributed by atoms with Gasteiger partial charge in [-0.15, -0.1) is 0 Å². The fourth-order valence-corrected chi connectivity index (χ4v) is 1.80. The number of pyridine rings is 1. The van der Waals surface area contributed by atoms with E-state index < -0.39 is 5.97 Å². The summed E-state index contributed by atoms with van der Waals surface area (Å²) in [5.74, 6) is -0.950. The SMILES string of the molecule is Cc1cccc(-c2ncccc2C(=O)O)c1C. The molecule has 0 unspecified atom stereocenters. The fourth-order valence-electron chi connectivity index (χ4n) is 1.80. The highest BCUT2D eigenvalue weighted by atomic mass is 16.4. The number of nitrogens with zero attached hydrogens (tertiary/aromatic N) is 1. The van der Waals surface area contributed by atoms with Crippen LogP contribution in [-0.4, -0.2) is 16.1 Å². The molecule has 0 spiro atoms. The molecule has 0 saturated carbocycles. The molecular formula is C14H13NO2. The van der Waals surface area contributed by atoms with E-state index in [1.54, 1.807) is 18.3 Å². The fraction of sp³-hybridized carbons (Fsp3) is 0.143. The Kier molecular flexibility index (Phi) is 2.91. The van der Waals surface area contributed by atoms with Gasteiger partial charge in [0.2, 0.25) is 0 Å². The third-order valence-corrected chi connectivity index (χ3v) is 2.90. The lowest BCUT2D eigenvalue weighted by atomic mass is 9.98. The van der Waals surface area contributed by atoms with E-state index in [1.165, 1.54) is 0 Å². The number of hydrogen-bond donors (Lipinski definition) is 1. The van der Waals surface area contributed by atoms with E-state index in [2.05, 4.69) is 4.98 Å². The predicted octanol–water partition coefficient (Wildman–Crippen LogP) is 3.06. The largest absolute Gasteiger partial charge is 0.478 e. The van der Waals surface area contributed by atoms with Crippen LogP contribution in [0.15, 0.2) is 36.5 Å². The van der Waals surface area contributed by atoms with Crippen LogP contribution in [0.2, 0.25) is 0 Å². The molecule has 1 aromatic carbocycles. The molecule has 86 valence electrons. The molecule has 3 heteroatoms. The minimum absolute atomic E-state index is 0.237. The Balaban J connectivity index is 2.69. The molecule has 1 N–H and O–H groups in total. The van der Waals surface area contributed by atoms with Gasteiger partial charge in [0, 0.05) is 11.8 Å². The highest BCUT2D eigenvalue weighted by molar-refractivity contribution is 5.95. The van der Waals surface area contributed by atoms with Gasteiger partial charge in [0.1, 0.15) is 0 Å². The van der Waals surface area contributed by atoms with Gasteiger partial charge in [0.05, 0.1) is 11.3 Å². The summed E-state index contributed by atoms with van der Waals surface area (Å²) in [4.78, 5) is 15.3. The quantitative estimate of drug-likeness (QED) is 0.857. The van der Waals surface area contributed by atoms with Gasteiger partial charge in [-0.05, 0) is 37.1 Å². The van der Waals surface area contributed by atoms with Crippen LogP contribution in [0.5, 0.6) is 0 Å². The van der Waals surface area contributed by atoms with E-state index in [1.807, 2.05) is 32.0 Å². The number of carboxylic acid groups (broad SMARTS) is 1. The normalized spacial score (nSPS) is 10.2. The van der Waals surface area contributed by atoms with Crippen molar-refractivity contribution in [2.75, 3.05) is 0 Å². The Morgan fingerprint density at radius 1 is 1.18 bits per heavy atom. The van der Waals surface area contributed by atoms with Crippen molar-refractivity contribution in [3.63, 3.8) is 0 Å². The van der Waals surface area contributed by atoms with E-state index in [0.29, 0.717) is 5.69 Å². The molecule has 2 rings (SSSR count). The average molecular weight is 227 g/mol. The van der Waals surface area contributed by atoms with E-state index in [4.69, 9.17) is 5.11 Å². The standard InChI is InChI=1S/C14H13NO2/c1-9-5-3-6-11(10(9)2)13-12(14(16)17)7-4-8-15-13/h3-8H,1-2H3,(H,16,17). The summed E-state index contributed by atoms with van der Waals surface area (Å²) < 4.78 is 0. The van der Waals surface area contributed by atoms with Crippen molar-refractivity contribution >= 4 is 5.97 Å². The van der Waals surface area contributed by atoms with Crippen LogP contribution in [-0.2, 0) is 0 Å². The number of rotatable bonds is 2. The Labute approximate surface area is 99.8 Å². The molecule has 0 amide bonds. The summed E-state index contributed by atoms with van der Waals surface area (Å²) in [5.41, 5.74) is 3.84. The third kappa shape index (κ3) is 2.04. The molecule has 0 saturated heterocycles. The van der Waals surface area contributed by atoms with Crippen molar-refractivity contribution in [3.8, 4) is 11.3 Å². The minimum Gasteiger partial charge on any atom is -0.478 e. The summed E-state index contributed by atoms with van der Waals surface area (Å²) >= 11 is 0. The third-order valence-electron chi connectivity index (χ3n) is 2.90. The highest BCUT2D eigenvalue weighted by Crippen LogP contribution is 2.26. The first-order valence-corrected chi connectivity index (χ1v) is 5.36. The van der Waals surface area contributed by atoms with Crippen LogP contribution in [0, 0.1) is 13.8 Å². The van der Waals surface area contributed by atoms with Crippen molar-refractivity contribution in [1.82, 2.24) is 4.98 Å². The van der Waals surface area contributed by atoms with Crippen LogP contribution in [0.3, 0.4) is 0 Å². The van der Waals surface area contributed by atoms with Crippen LogP contribution < -0.4 is 0 Å². The molecule has 0 aliphatic rings. The second-order valence-electron chi connectivity index (χ2n) is 3.95. The predicted molar refractivity (Wildman–Crippen MR) is 66.1 cm³/mol. The van der Waals surface area contributed by atoms with Gasteiger partial charge in [-0.3, -0.25) is 4.98 Å². The number of benzene rings is 1. The topological polar surface area (TPSA) is 50.2 Å². The van der Waals surface area contributed by atoms with Gasteiger partial charge in [-0.25, -0.2) is 4.79 Å². The maximum atomic E-state index is 11.2. The van der Waals surface area contributed by atoms with Gasteiger partial charge < -0.3 is 5.11 Å². The number of hydrogen-bond acceptors (Lipinski definition) is 2. The molecule has 0 bridgehead atoms. The molecule has 0 aliphatic carbocycles. The maximum Gasteiger partial charge on any atom is 0.337 e. The first kappa shape index (κ1) is 11.3. The van der Waals surface area contributed by atoms with Crippen molar-refractivity contribution in [1.29, 1.82) is 0 Å². The summed E-state index contributed by atoms with van der Waals surface area (Å²) in [7, 11) is 0. The Bertz CT molecular complexity index is 576. The second kappa shape index (κ2) is 4.37. The summed E-state index contributed by atoms with van der Waals surface area (Å²) in [5, 5.41) is 9.15. The number of carbonyl (C=O) groups is 1. The zero-order chi connectivity index (χ0) is 12.4. The molecule has 3 nitrogen and oxygen atoms in total. The molecule has 0 atom stereocenters. The molecular weight excluding hydrogens is 214 g/mol. The van der Waals surface area contributed by atoms with E-state index in [-0.39, 0.29) is 5.56 Å². The van der Waals surface area contributed by atoms with Gasteiger partial charge in [0.25, 0.3) is 0 Å². The zero-order valence-corrected chi connectivity index (χ0v) is 9.77. The lowest BCUT2D eigenvalue weighted by Gasteiger charge is -2.09. The summed E-state index contributed by atoms with van der Waals surface area (Å²) in [6.07, 6.45) is 1.61. The van der Waals surface area contributed by atoms with Gasteiger partial charge in [0.15, 0.2) is 0 Å². The first-order valence-electron chi connectivity index (χ1n) is 5.36. The first-order chi connectivity index (χ1) is 8.11. The highest BCUT2D eigenvalue weighted by Gasteiger charge is 2.14. The Morgan fingerprint density at radius 2 is 1.94 bits per heavy atom. The minimum atomic E-state index is -0.950. The van der Waals surface area contributed by atoms with Crippen LogP contribution in [0.4, 0.5) is 0 Å². The number of carboxylic acids is 1. The van der Waals surface area contributed by atoms with Crippen molar-refractivity contribution in [3.05, 3.63) is 53.2 Å². The Morgan fingerprint density at radius 3 is 2.65 bits per heavy atom. The number of aryl methyl sites for hydroxylation is 1. The molecule has 0 aliphatic heterocycles. The van der Waals surface area contributed by atoms with Crippen molar-refractivity contribution in [2.45, 2.75) is 13.8 Å². The average Bonchev–Trinajstić information content (AvgIpc) is 2.33. The molecule has 17 heavy (non-hydrogen) atoms. The Hall–Kier alpha value is -2.16. The lowest BCUT2D eigenvalue weighted by Crippen LogP contribution is -2.02. The smallest absolute Gasteiger partial charge is 0.337 e. The van der Waals surface area contributed by atoms with Crippen molar-refractivity contribution < 1.29 is 9.90 Å². The maximum absolute atomic E-state index is 11.2. The van der Waals surface area contributed by atoms with Crippen LogP contribution in [0.1, 0.15) is 21.5 Å². The number of aromatic carboxylic acids is 1. The second-order valence-corrected chi connectivity index (χ2v) is 3.95.